The molecule has 156 valence electrons. The van der Waals surface area contributed by atoms with Crippen LogP contribution in [0.2, 0.25) is 0 Å². The molecule has 0 aliphatic heterocycles. The maximum absolute atomic E-state index is 12.6. The zero-order valence-corrected chi connectivity index (χ0v) is 18.0. The maximum atomic E-state index is 12.6. The lowest BCUT2D eigenvalue weighted by atomic mass is 9.96. The fraction of sp³-hybridized carbons (Fsp3) is 0.409. The summed E-state index contributed by atoms with van der Waals surface area (Å²) in [4.78, 5) is 14.3. The van der Waals surface area contributed by atoms with Gasteiger partial charge in [-0.1, -0.05) is 24.3 Å². The van der Waals surface area contributed by atoms with E-state index in [1.807, 2.05) is 32.0 Å². The fourth-order valence-corrected chi connectivity index (χ4v) is 4.60. The van der Waals surface area contributed by atoms with Crippen LogP contribution in [-0.2, 0) is 25.0 Å². The van der Waals surface area contributed by atoms with Crippen LogP contribution in [-0.4, -0.2) is 41.1 Å². The summed E-state index contributed by atoms with van der Waals surface area (Å²) in [5, 5.41) is 0. The number of carbonyl (C=O) groups is 1. The van der Waals surface area contributed by atoms with Crippen molar-refractivity contribution in [3.05, 3.63) is 59.7 Å². The Labute approximate surface area is 172 Å². The van der Waals surface area contributed by atoms with E-state index in [0.717, 1.165) is 30.6 Å². The van der Waals surface area contributed by atoms with E-state index < -0.39 is 15.4 Å². The van der Waals surface area contributed by atoms with Gasteiger partial charge in [-0.25, -0.2) is 13.1 Å². The van der Waals surface area contributed by atoms with E-state index in [0.29, 0.717) is 13.1 Å². The van der Waals surface area contributed by atoms with Crippen molar-refractivity contribution >= 4 is 21.7 Å². The van der Waals surface area contributed by atoms with Gasteiger partial charge in [0.15, 0.2) is 0 Å². The van der Waals surface area contributed by atoms with Crippen molar-refractivity contribution < 1.29 is 17.9 Å². The van der Waals surface area contributed by atoms with Gasteiger partial charge in [-0.2, -0.15) is 0 Å². The van der Waals surface area contributed by atoms with Crippen molar-refractivity contribution in [3.8, 4) is 0 Å². The number of aryl methyl sites for hydroxylation is 1. The first kappa shape index (κ1) is 21.3. The monoisotopic (exact) mass is 416 g/mol. The molecule has 0 saturated heterocycles. The number of hydrogen-bond donors (Lipinski definition) is 1. The summed E-state index contributed by atoms with van der Waals surface area (Å²) in [5.41, 5.74) is 2.45. The van der Waals surface area contributed by atoms with Crippen molar-refractivity contribution in [2.24, 2.45) is 0 Å². The smallest absolute Gasteiger partial charge is 0.316 e. The molecule has 29 heavy (non-hydrogen) atoms. The molecule has 0 heterocycles. The maximum Gasteiger partial charge on any atom is 0.316 e. The van der Waals surface area contributed by atoms with Gasteiger partial charge in [0.2, 0.25) is 10.0 Å². The first-order valence-electron chi connectivity index (χ1n) is 9.82. The lowest BCUT2D eigenvalue weighted by Crippen LogP contribution is -2.35. The average Bonchev–Trinajstić information content (AvgIpc) is 3.53. The Bertz CT molecular complexity index is 967. The Balaban J connectivity index is 1.63. The molecule has 1 aliphatic rings. The number of benzene rings is 2. The highest BCUT2D eigenvalue weighted by Gasteiger charge is 2.52. The lowest BCUT2D eigenvalue weighted by Gasteiger charge is -2.23. The summed E-state index contributed by atoms with van der Waals surface area (Å²) in [7, 11) is -2.24. The van der Waals surface area contributed by atoms with E-state index in [1.165, 1.54) is 12.7 Å². The average molecular weight is 417 g/mol. The highest BCUT2D eigenvalue weighted by molar-refractivity contribution is 7.89. The second-order valence-corrected chi connectivity index (χ2v) is 9.18. The Morgan fingerprint density at radius 2 is 1.86 bits per heavy atom. The molecule has 0 aromatic heterocycles. The molecular formula is C22H28N2O4S. The van der Waals surface area contributed by atoms with Gasteiger partial charge >= 0.3 is 5.97 Å². The normalized spacial score (nSPS) is 15.0. The summed E-state index contributed by atoms with van der Waals surface area (Å²) >= 11 is 0. The summed E-state index contributed by atoms with van der Waals surface area (Å²) < 4.78 is 32.8. The first-order chi connectivity index (χ1) is 13.8. The molecule has 0 spiro atoms. The second kappa shape index (κ2) is 8.55. The Hall–Kier alpha value is -2.38. The number of hydrogen-bond acceptors (Lipinski definition) is 5. The van der Waals surface area contributed by atoms with Crippen molar-refractivity contribution in [1.82, 2.24) is 4.72 Å². The van der Waals surface area contributed by atoms with Crippen LogP contribution < -0.4 is 9.62 Å². The van der Waals surface area contributed by atoms with Crippen LogP contribution >= 0.6 is 0 Å². The molecule has 1 fully saturated rings. The molecule has 7 heteroatoms. The molecule has 1 saturated carbocycles. The van der Waals surface area contributed by atoms with Crippen LogP contribution in [0.5, 0.6) is 0 Å². The minimum Gasteiger partial charge on any atom is -0.468 e. The zero-order chi connectivity index (χ0) is 21.1. The number of carbonyl (C=O) groups excluding carboxylic acids is 1. The van der Waals surface area contributed by atoms with E-state index in [2.05, 4.69) is 15.7 Å². The van der Waals surface area contributed by atoms with E-state index in [1.54, 1.807) is 24.3 Å². The number of ether oxygens (including phenoxy) is 1. The van der Waals surface area contributed by atoms with Gasteiger partial charge in [-0.3, -0.25) is 4.79 Å². The molecule has 0 unspecified atom stereocenters. The summed E-state index contributed by atoms with van der Waals surface area (Å²) in [5.74, 6) is -0.262. The number of sulfonamides is 1. The van der Waals surface area contributed by atoms with Crippen LogP contribution in [0, 0.1) is 6.92 Å². The van der Waals surface area contributed by atoms with Gasteiger partial charge < -0.3 is 9.64 Å². The molecule has 1 aliphatic carbocycles. The predicted molar refractivity (Wildman–Crippen MR) is 114 cm³/mol. The zero-order valence-electron chi connectivity index (χ0n) is 17.1. The highest BCUT2D eigenvalue weighted by Crippen LogP contribution is 2.49. The third kappa shape index (κ3) is 4.62. The SMILES string of the molecule is CCN(CCNS(=O)(=O)c1ccc(C2(C(=O)OC)CC2)cc1)c1cccc(C)c1. The van der Waals surface area contributed by atoms with Crippen LogP contribution in [0.4, 0.5) is 5.69 Å². The number of nitrogens with zero attached hydrogens (tertiary/aromatic N) is 1. The number of methoxy groups -OCH3 is 1. The minimum atomic E-state index is -3.62. The number of rotatable bonds is 9. The predicted octanol–water partition coefficient (Wildman–Crippen LogP) is 3.00. The lowest BCUT2D eigenvalue weighted by molar-refractivity contribution is -0.143. The first-order valence-corrected chi connectivity index (χ1v) is 11.3. The van der Waals surface area contributed by atoms with Gasteiger partial charge in [0.05, 0.1) is 17.4 Å². The van der Waals surface area contributed by atoms with Crippen LogP contribution in [0.1, 0.15) is 30.9 Å². The molecule has 2 aromatic carbocycles. The van der Waals surface area contributed by atoms with Gasteiger partial charge in [0, 0.05) is 25.3 Å². The number of likely N-dealkylation sites (N-methyl/N-ethyl adjacent to an activating group) is 1. The summed E-state index contributed by atoms with van der Waals surface area (Å²) in [6.45, 7) is 5.75. The van der Waals surface area contributed by atoms with Crippen molar-refractivity contribution in [2.45, 2.75) is 37.0 Å². The van der Waals surface area contributed by atoms with Gasteiger partial charge in [0.25, 0.3) is 0 Å². The third-order valence-electron chi connectivity index (χ3n) is 5.47. The van der Waals surface area contributed by atoms with Crippen molar-refractivity contribution in [3.63, 3.8) is 0 Å². The molecule has 1 N–H and O–H groups in total. The molecule has 0 radical (unpaired) electrons. The van der Waals surface area contributed by atoms with Gasteiger partial charge in [0.1, 0.15) is 0 Å². The van der Waals surface area contributed by atoms with Crippen LogP contribution in [0.15, 0.2) is 53.4 Å². The third-order valence-corrected chi connectivity index (χ3v) is 6.94. The quantitative estimate of drug-likeness (QED) is 0.636. The van der Waals surface area contributed by atoms with Crippen molar-refractivity contribution in [1.29, 1.82) is 0 Å². The van der Waals surface area contributed by atoms with Crippen molar-refractivity contribution in [2.75, 3.05) is 31.6 Å². The van der Waals surface area contributed by atoms with E-state index >= 15 is 0 Å². The number of anilines is 1. The van der Waals surface area contributed by atoms with Crippen LogP contribution in [0.3, 0.4) is 0 Å². The Kier molecular flexibility index (Phi) is 6.29. The molecular weight excluding hydrogens is 388 g/mol. The topological polar surface area (TPSA) is 75.7 Å². The molecule has 3 rings (SSSR count). The molecule has 2 aromatic rings. The molecule has 6 nitrogen and oxygen atoms in total. The highest BCUT2D eigenvalue weighted by atomic mass is 32.2. The van der Waals surface area contributed by atoms with Crippen LogP contribution in [0.25, 0.3) is 0 Å². The number of nitrogens with one attached hydrogen (secondary N) is 1. The minimum absolute atomic E-state index is 0.195. The van der Waals surface area contributed by atoms with E-state index in [9.17, 15) is 13.2 Å². The Morgan fingerprint density at radius 3 is 2.41 bits per heavy atom. The summed E-state index contributed by atoms with van der Waals surface area (Å²) in [6, 6.07) is 14.7. The molecule has 0 bridgehead atoms. The Morgan fingerprint density at radius 1 is 1.17 bits per heavy atom. The molecule has 0 atom stereocenters. The standard InChI is InChI=1S/C22H28N2O4S/c1-4-24(19-7-5-6-17(2)16-19)15-14-23-29(26,27)20-10-8-18(9-11-20)22(12-13-22)21(25)28-3/h5-11,16,23H,4,12-15H2,1-3H3. The van der Waals surface area contributed by atoms with Gasteiger partial charge in [-0.05, 0) is 62.1 Å². The van der Waals surface area contributed by atoms with E-state index in [-0.39, 0.29) is 10.9 Å². The largest absolute Gasteiger partial charge is 0.468 e. The van der Waals surface area contributed by atoms with Gasteiger partial charge in [-0.15, -0.1) is 0 Å². The fourth-order valence-electron chi connectivity index (χ4n) is 3.58. The molecule has 0 amide bonds. The number of esters is 1. The second-order valence-electron chi connectivity index (χ2n) is 7.41. The van der Waals surface area contributed by atoms with E-state index in [4.69, 9.17) is 4.74 Å². The summed E-state index contributed by atoms with van der Waals surface area (Å²) in [6.07, 6.45) is 1.46.